The van der Waals surface area contributed by atoms with E-state index >= 15 is 0 Å². The van der Waals surface area contributed by atoms with Gasteiger partial charge in [-0.2, -0.15) is 0 Å². The summed E-state index contributed by atoms with van der Waals surface area (Å²) in [6, 6.07) is 4.67. The van der Waals surface area contributed by atoms with Crippen LogP contribution in [-0.4, -0.2) is 22.6 Å². The minimum absolute atomic E-state index is 0.194. The number of halogens is 1. The molecule has 1 heterocycles. The van der Waals surface area contributed by atoms with E-state index in [2.05, 4.69) is 11.8 Å². The van der Waals surface area contributed by atoms with E-state index in [1.807, 2.05) is 0 Å². The van der Waals surface area contributed by atoms with Gasteiger partial charge in [0.15, 0.2) is 0 Å². The Kier molecular flexibility index (Phi) is 3.44. The quantitative estimate of drug-likeness (QED) is 0.833. The van der Waals surface area contributed by atoms with Crippen molar-refractivity contribution in [3.8, 4) is 5.75 Å². The summed E-state index contributed by atoms with van der Waals surface area (Å²) in [7, 11) is 0. The molecule has 1 aliphatic heterocycles. The van der Waals surface area contributed by atoms with E-state index in [-0.39, 0.29) is 11.6 Å². The van der Waals surface area contributed by atoms with Gasteiger partial charge in [0.1, 0.15) is 11.6 Å². The Morgan fingerprint density at radius 2 is 2.25 bits per heavy atom. The normalized spacial score (nSPS) is 22.2. The molecule has 1 aromatic carbocycles. The fraction of sp³-hybridized carbons (Fsp3) is 0.538. The van der Waals surface area contributed by atoms with Crippen molar-refractivity contribution in [2.75, 3.05) is 6.54 Å². The second-order valence-electron chi connectivity index (χ2n) is 4.59. The van der Waals surface area contributed by atoms with Gasteiger partial charge in [-0.15, -0.1) is 0 Å². The monoisotopic (exact) mass is 223 g/mol. The van der Waals surface area contributed by atoms with Crippen LogP contribution in [-0.2, 0) is 6.54 Å². The van der Waals surface area contributed by atoms with E-state index in [9.17, 15) is 9.50 Å². The second kappa shape index (κ2) is 4.83. The predicted octanol–water partition coefficient (Wildman–Crippen LogP) is 2.91. The topological polar surface area (TPSA) is 23.5 Å². The van der Waals surface area contributed by atoms with Crippen LogP contribution in [0.15, 0.2) is 18.2 Å². The van der Waals surface area contributed by atoms with Gasteiger partial charge < -0.3 is 5.11 Å². The summed E-state index contributed by atoms with van der Waals surface area (Å²) < 4.78 is 13.1. The Morgan fingerprint density at radius 1 is 1.44 bits per heavy atom. The zero-order valence-electron chi connectivity index (χ0n) is 9.62. The van der Waals surface area contributed by atoms with Gasteiger partial charge in [0.25, 0.3) is 0 Å². The first-order valence-corrected chi connectivity index (χ1v) is 5.88. The molecule has 0 bridgehead atoms. The van der Waals surface area contributed by atoms with Gasteiger partial charge in [0, 0.05) is 18.2 Å². The van der Waals surface area contributed by atoms with Gasteiger partial charge in [0.2, 0.25) is 0 Å². The molecule has 2 nitrogen and oxygen atoms in total. The van der Waals surface area contributed by atoms with E-state index < -0.39 is 0 Å². The molecule has 0 saturated carbocycles. The third-order valence-corrected chi connectivity index (χ3v) is 3.36. The molecule has 1 aromatic rings. The number of nitrogens with zero attached hydrogens (tertiary/aromatic N) is 1. The largest absolute Gasteiger partial charge is 0.508 e. The Bertz CT molecular complexity index is 367. The smallest absolute Gasteiger partial charge is 0.123 e. The molecular formula is C13H18FNO. The first-order valence-electron chi connectivity index (χ1n) is 5.88. The lowest BCUT2D eigenvalue weighted by molar-refractivity contribution is 0.151. The highest BCUT2D eigenvalue weighted by Gasteiger charge is 2.19. The number of hydrogen-bond donors (Lipinski definition) is 1. The van der Waals surface area contributed by atoms with Crippen LogP contribution < -0.4 is 0 Å². The van der Waals surface area contributed by atoms with Crippen molar-refractivity contribution in [2.24, 2.45) is 0 Å². The maximum Gasteiger partial charge on any atom is 0.123 e. The molecule has 1 saturated heterocycles. The Morgan fingerprint density at radius 3 is 3.00 bits per heavy atom. The number of phenolic OH excluding ortho intramolecular Hbond substituents is 1. The first kappa shape index (κ1) is 11.4. The summed E-state index contributed by atoms with van der Waals surface area (Å²) in [6.07, 6.45) is 3.66. The maximum atomic E-state index is 13.1. The fourth-order valence-electron chi connectivity index (χ4n) is 2.29. The number of likely N-dealkylation sites (tertiary alicyclic amines) is 1. The SMILES string of the molecule is CC1CCCCN1Cc1cc(F)ccc1O. The number of phenols is 1. The van der Waals surface area contributed by atoms with Crippen LogP contribution in [0.5, 0.6) is 5.75 Å². The van der Waals surface area contributed by atoms with Gasteiger partial charge in [-0.3, -0.25) is 4.90 Å². The summed E-state index contributed by atoms with van der Waals surface area (Å²) in [4.78, 5) is 2.30. The Hall–Kier alpha value is -1.09. The molecule has 0 aliphatic carbocycles. The Labute approximate surface area is 95.7 Å². The van der Waals surface area contributed by atoms with Crippen molar-refractivity contribution in [1.29, 1.82) is 0 Å². The van der Waals surface area contributed by atoms with Crippen LogP contribution in [0.1, 0.15) is 31.7 Å². The van der Waals surface area contributed by atoms with E-state index in [1.165, 1.54) is 37.5 Å². The van der Waals surface area contributed by atoms with Gasteiger partial charge in [0.05, 0.1) is 0 Å². The fourth-order valence-corrected chi connectivity index (χ4v) is 2.29. The average Bonchev–Trinajstić information content (AvgIpc) is 2.27. The third-order valence-electron chi connectivity index (χ3n) is 3.36. The molecule has 16 heavy (non-hydrogen) atoms. The highest BCUT2D eigenvalue weighted by molar-refractivity contribution is 5.32. The van der Waals surface area contributed by atoms with Gasteiger partial charge in [-0.1, -0.05) is 6.42 Å². The van der Waals surface area contributed by atoms with E-state index in [1.54, 1.807) is 0 Å². The predicted molar refractivity (Wildman–Crippen MR) is 61.8 cm³/mol. The molecule has 2 rings (SSSR count). The number of aromatic hydroxyl groups is 1. The molecule has 0 amide bonds. The molecule has 1 atom stereocenters. The summed E-state index contributed by atoms with van der Waals surface area (Å²) in [6.45, 7) is 3.87. The van der Waals surface area contributed by atoms with Gasteiger partial charge in [-0.05, 0) is 44.5 Å². The van der Waals surface area contributed by atoms with Crippen LogP contribution >= 0.6 is 0 Å². The molecule has 88 valence electrons. The molecular weight excluding hydrogens is 205 g/mol. The van der Waals surface area contributed by atoms with E-state index in [0.717, 1.165) is 6.54 Å². The molecule has 0 radical (unpaired) electrons. The summed E-state index contributed by atoms with van der Waals surface area (Å²) in [5.74, 6) is -0.0864. The molecule has 0 aromatic heterocycles. The minimum Gasteiger partial charge on any atom is -0.508 e. The van der Waals surface area contributed by atoms with Crippen LogP contribution in [0.3, 0.4) is 0 Å². The summed E-state index contributed by atoms with van der Waals surface area (Å²) >= 11 is 0. The molecule has 3 heteroatoms. The summed E-state index contributed by atoms with van der Waals surface area (Å²) in [5.41, 5.74) is 0.689. The van der Waals surface area contributed by atoms with Crippen molar-refractivity contribution in [3.63, 3.8) is 0 Å². The molecule has 1 unspecified atom stereocenters. The van der Waals surface area contributed by atoms with Crippen LogP contribution in [0.2, 0.25) is 0 Å². The standard InChI is InChI=1S/C13H18FNO/c1-10-4-2-3-7-15(10)9-11-8-12(14)5-6-13(11)16/h5-6,8,10,16H,2-4,7,9H2,1H3. The summed E-state index contributed by atoms with van der Waals surface area (Å²) in [5, 5.41) is 9.66. The average molecular weight is 223 g/mol. The zero-order valence-corrected chi connectivity index (χ0v) is 9.62. The van der Waals surface area contributed by atoms with Crippen molar-refractivity contribution >= 4 is 0 Å². The minimum atomic E-state index is -0.280. The number of piperidine rings is 1. The van der Waals surface area contributed by atoms with Crippen molar-refractivity contribution in [2.45, 2.75) is 38.8 Å². The van der Waals surface area contributed by atoms with Crippen molar-refractivity contribution in [3.05, 3.63) is 29.6 Å². The van der Waals surface area contributed by atoms with Gasteiger partial charge >= 0.3 is 0 Å². The molecule has 0 spiro atoms. The number of benzene rings is 1. The van der Waals surface area contributed by atoms with Gasteiger partial charge in [-0.25, -0.2) is 4.39 Å². The number of rotatable bonds is 2. The molecule has 1 fully saturated rings. The molecule has 1 aliphatic rings. The van der Waals surface area contributed by atoms with Crippen LogP contribution in [0, 0.1) is 5.82 Å². The van der Waals surface area contributed by atoms with Crippen molar-refractivity contribution < 1.29 is 9.50 Å². The first-order chi connectivity index (χ1) is 7.66. The van der Waals surface area contributed by atoms with Crippen LogP contribution in [0.25, 0.3) is 0 Å². The lowest BCUT2D eigenvalue weighted by Crippen LogP contribution is -2.36. The maximum absolute atomic E-state index is 13.1. The second-order valence-corrected chi connectivity index (χ2v) is 4.59. The highest BCUT2D eigenvalue weighted by Crippen LogP contribution is 2.24. The van der Waals surface area contributed by atoms with E-state index in [0.29, 0.717) is 18.2 Å². The Balaban J connectivity index is 2.10. The lowest BCUT2D eigenvalue weighted by Gasteiger charge is -2.33. The molecule has 1 N–H and O–H groups in total. The highest BCUT2D eigenvalue weighted by atomic mass is 19.1. The number of hydrogen-bond acceptors (Lipinski definition) is 2. The zero-order chi connectivity index (χ0) is 11.5. The van der Waals surface area contributed by atoms with E-state index in [4.69, 9.17) is 0 Å². The lowest BCUT2D eigenvalue weighted by atomic mass is 10.0. The van der Waals surface area contributed by atoms with Crippen molar-refractivity contribution in [1.82, 2.24) is 4.90 Å². The van der Waals surface area contributed by atoms with Crippen LogP contribution in [0.4, 0.5) is 4.39 Å². The third kappa shape index (κ3) is 2.53.